The molecule has 0 saturated carbocycles. The Hall–Kier alpha value is -3.43. The number of nitrogens with one attached hydrogen (secondary N) is 1. The highest BCUT2D eigenvalue weighted by atomic mass is 16.1. The lowest BCUT2D eigenvalue weighted by molar-refractivity contribution is 0.900. The molecular weight excluding hydrogens is 254 g/mol. The minimum Gasteiger partial charge on any atom is -0.310 e. The third kappa shape index (κ3) is 2.25. The molecule has 0 unspecified atom stereocenters. The number of aromatic nitrogens is 2. The van der Waals surface area contributed by atoms with Gasteiger partial charge in [-0.15, -0.1) is 0 Å². The second-order valence-corrected chi connectivity index (χ2v) is 3.87. The number of hydrogen-bond donors (Lipinski definition) is 1. The fourth-order valence-electron chi connectivity index (χ4n) is 1.76. The van der Waals surface area contributed by atoms with Crippen LogP contribution < -0.4 is 5.56 Å². The second kappa shape index (κ2) is 5.48. The Kier molecular flexibility index (Phi) is 3.56. The number of benzene rings is 1. The molecule has 1 N–H and O–H groups in total. The fourth-order valence-corrected chi connectivity index (χ4v) is 1.76. The number of rotatable bonds is 2. The lowest BCUT2D eigenvalue weighted by Crippen LogP contribution is -2.21. The molecule has 6 heteroatoms. The van der Waals surface area contributed by atoms with Crippen molar-refractivity contribution in [3.63, 3.8) is 0 Å². The van der Waals surface area contributed by atoms with E-state index in [1.54, 1.807) is 42.5 Å². The molecular formula is C14H7N5O. The zero-order valence-corrected chi connectivity index (χ0v) is 10.2. The summed E-state index contributed by atoms with van der Waals surface area (Å²) in [4.78, 5) is 18.0. The lowest BCUT2D eigenvalue weighted by Gasteiger charge is -2.08. The molecule has 0 saturated heterocycles. The highest BCUT2D eigenvalue weighted by molar-refractivity contribution is 5.39. The van der Waals surface area contributed by atoms with E-state index in [2.05, 4.69) is 9.97 Å². The van der Waals surface area contributed by atoms with E-state index in [9.17, 15) is 10.1 Å². The summed E-state index contributed by atoms with van der Waals surface area (Å²) < 4.78 is 0. The van der Waals surface area contributed by atoms with Gasteiger partial charge in [0.15, 0.2) is 11.4 Å². The van der Waals surface area contributed by atoms with Crippen LogP contribution in [0.3, 0.4) is 0 Å². The van der Waals surface area contributed by atoms with Gasteiger partial charge in [-0.25, -0.2) is 4.98 Å². The minimum absolute atomic E-state index is 0.0887. The van der Waals surface area contributed by atoms with E-state index in [0.29, 0.717) is 5.56 Å². The normalized spacial score (nSPS) is 10.8. The van der Waals surface area contributed by atoms with Gasteiger partial charge in [0, 0.05) is 0 Å². The van der Waals surface area contributed by atoms with Crippen molar-refractivity contribution in [2.75, 3.05) is 0 Å². The van der Waals surface area contributed by atoms with Crippen molar-refractivity contribution in [1.82, 2.24) is 9.97 Å². The van der Waals surface area contributed by atoms with E-state index in [1.165, 1.54) is 0 Å². The average molecular weight is 261 g/mol. The van der Waals surface area contributed by atoms with Gasteiger partial charge in [-0.05, 0) is 5.56 Å². The molecule has 1 aromatic heterocycles. The Morgan fingerprint density at radius 2 is 1.80 bits per heavy atom. The molecule has 6 nitrogen and oxygen atoms in total. The molecule has 2 aromatic rings. The molecule has 1 atom stereocenters. The molecule has 0 aliphatic heterocycles. The predicted octanol–water partition coefficient (Wildman–Crippen LogP) is 1.17. The molecule has 94 valence electrons. The van der Waals surface area contributed by atoms with E-state index < -0.39 is 11.5 Å². The SMILES string of the molecule is N#Cc1nc([C@H](C#N)c2ccccc2)c(=O)[nH]c1C#N. The first-order valence-corrected chi connectivity index (χ1v) is 5.60. The van der Waals surface area contributed by atoms with Crippen molar-refractivity contribution in [2.45, 2.75) is 5.92 Å². The van der Waals surface area contributed by atoms with Gasteiger partial charge in [0.1, 0.15) is 23.8 Å². The van der Waals surface area contributed by atoms with E-state index in [4.69, 9.17) is 10.5 Å². The Labute approximate surface area is 114 Å². The maximum Gasteiger partial charge on any atom is 0.272 e. The summed E-state index contributed by atoms with van der Waals surface area (Å²) in [6, 6.07) is 14.1. The van der Waals surface area contributed by atoms with Crippen molar-refractivity contribution in [3.05, 3.63) is 63.3 Å². The minimum atomic E-state index is -0.889. The Balaban J connectivity index is 2.64. The summed E-state index contributed by atoms with van der Waals surface area (Å²) in [5.41, 5.74) is -0.531. The maximum absolute atomic E-state index is 11.9. The Bertz CT molecular complexity index is 818. The summed E-state index contributed by atoms with van der Waals surface area (Å²) in [5.74, 6) is -0.889. The smallest absolute Gasteiger partial charge is 0.272 e. The third-order valence-corrected chi connectivity index (χ3v) is 2.69. The van der Waals surface area contributed by atoms with Gasteiger partial charge < -0.3 is 4.98 Å². The van der Waals surface area contributed by atoms with Crippen LogP contribution in [-0.2, 0) is 0 Å². The maximum atomic E-state index is 11.9. The monoisotopic (exact) mass is 261 g/mol. The van der Waals surface area contributed by atoms with Crippen LogP contribution in [0.15, 0.2) is 35.1 Å². The standard InChI is InChI=1S/C14H7N5O/c15-6-10(9-4-2-1-3-5-9)13-14(20)19-12(8-17)11(7-16)18-13/h1-5,10H,(H,19,20)/t10-/m1/s1. The van der Waals surface area contributed by atoms with Crippen LogP contribution in [0.1, 0.15) is 28.6 Å². The van der Waals surface area contributed by atoms with Gasteiger partial charge >= 0.3 is 0 Å². The number of H-pyrrole nitrogens is 1. The molecule has 0 radical (unpaired) electrons. The zero-order valence-electron chi connectivity index (χ0n) is 10.2. The van der Waals surface area contributed by atoms with E-state index >= 15 is 0 Å². The molecule has 1 heterocycles. The Morgan fingerprint density at radius 3 is 2.35 bits per heavy atom. The largest absolute Gasteiger partial charge is 0.310 e. The topological polar surface area (TPSA) is 117 Å². The van der Waals surface area contributed by atoms with Crippen LogP contribution >= 0.6 is 0 Å². The first-order chi connectivity index (χ1) is 9.71. The summed E-state index contributed by atoms with van der Waals surface area (Å²) >= 11 is 0. The van der Waals surface area contributed by atoms with Crippen molar-refractivity contribution in [3.8, 4) is 18.2 Å². The number of hydrogen-bond acceptors (Lipinski definition) is 5. The van der Waals surface area contributed by atoms with Crippen LogP contribution in [0, 0.1) is 34.0 Å². The van der Waals surface area contributed by atoms with Gasteiger partial charge in [0.25, 0.3) is 5.56 Å². The summed E-state index contributed by atoms with van der Waals surface area (Å²) in [5, 5.41) is 27.0. The molecule has 20 heavy (non-hydrogen) atoms. The summed E-state index contributed by atoms with van der Waals surface area (Å²) in [6.45, 7) is 0. The quantitative estimate of drug-likeness (QED) is 0.870. The van der Waals surface area contributed by atoms with Crippen LogP contribution in [-0.4, -0.2) is 9.97 Å². The molecule has 1 aromatic carbocycles. The molecule has 2 rings (SSSR count). The average Bonchev–Trinajstić information content (AvgIpc) is 2.50. The first kappa shape index (κ1) is 13.0. The molecule has 0 amide bonds. The van der Waals surface area contributed by atoms with Crippen molar-refractivity contribution < 1.29 is 0 Å². The van der Waals surface area contributed by atoms with Crippen LogP contribution in [0.2, 0.25) is 0 Å². The van der Waals surface area contributed by atoms with Crippen molar-refractivity contribution in [1.29, 1.82) is 15.8 Å². The van der Waals surface area contributed by atoms with Crippen molar-refractivity contribution in [2.24, 2.45) is 0 Å². The summed E-state index contributed by atoms with van der Waals surface area (Å²) in [7, 11) is 0. The molecule has 0 bridgehead atoms. The molecule has 0 spiro atoms. The van der Waals surface area contributed by atoms with Gasteiger partial charge in [-0.2, -0.15) is 15.8 Å². The fraction of sp³-hybridized carbons (Fsp3) is 0.0714. The third-order valence-electron chi connectivity index (χ3n) is 2.69. The number of nitrogens with zero attached hydrogens (tertiary/aromatic N) is 4. The summed E-state index contributed by atoms with van der Waals surface area (Å²) in [6.07, 6.45) is 0. The zero-order chi connectivity index (χ0) is 14.5. The van der Waals surface area contributed by atoms with Gasteiger partial charge in [0.2, 0.25) is 0 Å². The number of aromatic amines is 1. The number of nitriles is 3. The first-order valence-electron chi connectivity index (χ1n) is 5.60. The van der Waals surface area contributed by atoms with E-state index in [-0.39, 0.29) is 17.1 Å². The predicted molar refractivity (Wildman–Crippen MR) is 68.2 cm³/mol. The van der Waals surface area contributed by atoms with Crippen LogP contribution in [0.25, 0.3) is 0 Å². The van der Waals surface area contributed by atoms with Crippen LogP contribution in [0.4, 0.5) is 0 Å². The van der Waals surface area contributed by atoms with Gasteiger partial charge in [-0.1, -0.05) is 30.3 Å². The van der Waals surface area contributed by atoms with Gasteiger partial charge in [-0.3, -0.25) is 4.79 Å². The van der Waals surface area contributed by atoms with E-state index in [0.717, 1.165) is 0 Å². The Morgan fingerprint density at radius 1 is 1.10 bits per heavy atom. The molecule has 0 aliphatic rings. The molecule has 0 fully saturated rings. The van der Waals surface area contributed by atoms with Crippen molar-refractivity contribution >= 4 is 0 Å². The van der Waals surface area contributed by atoms with Crippen LogP contribution in [0.5, 0.6) is 0 Å². The van der Waals surface area contributed by atoms with Gasteiger partial charge in [0.05, 0.1) is 6.07 Å². The second-order valence-electron chi connectivity index (χ2n) is 3.87. The highest BCUT2D eigenvalue weighted by Gasteiger charge is 2.21. The van der Waals surface area contributed by atoms with E-state index in [1.807, 2.05) is 6.07 Å². The lowest BCUT2D eigenvalue weighted by atomic mass is 9.97. The molecule has 0 aliphatic carbocycles. The highest BCUT2D eigenvalue weighted by Crippen LogP contribution is 2.19.